The fourth-order valence-electron chi connectivity index (χ4n) is 2.74. The van der Waals surface area contributed by atoms with E-state index in [9.17, 15) is 9.59 Å². The molecule has 2 aromatic rings. The van der Waals surface area contributed by atoms with Gasteiger partial charge in [0.05, 0.1) is 5.56 Å². The second-order valence-corrected chi connectivity index (χ2v) is 6.57. The van der Waals surface area contributed by atoms with Crippen molar-refractivity contribution in [3.63, 3.8) is 0 Å². The average molecular weight is 314 g/mol. The molecule has 4 nitrogen and oxygen atoms in total. The second kappa shape index (κ2) is 5.93. The number of carbonyl (C=O) groups is 2. The molecule has 2 amide bonds. The SMILES string of the molecule is CNC(=O)c1c(NC(=O)c2ccc(C)cc2)sc2c1CCC2. The number of thiophene rings is 1. The van der Waals surface area contributed by atoms with Crippen LogP contribution in [0.2, 0.25) is 0 Å². The van der Waals surface area contributed by atoms with Crippen molar-refractivity contribution >= 4 is 28.2 Å². The summed E-state index contributed by atoms with van der Waals surface area (Å²) < 4.78 is 0. The Morgan fingerprint density at radius 1 is 1.09 bits per heavy atom. The van der Waals surface area contributed by atoms with Crippen LogP contribution >= 0.6 is 11.3 Å². The van der Waals surface area contributed by atoms with Gasteiger partial charge >= 0.3 is 0 Å². The van der Waals surface area contributed by atoms with E-state index in [1.165, 1.54) is 16.2 Å². The van der Waals surface area contributed by atoms with Crippen LogP contribution in [0.15, 0.2) is 24.3 Å². The van der Waals surface area contributed by atoms with E-state index in [1.54, 1.807) is 19.2 Å². The predicted octanol–water partition coefficient (Wildman–Crippen LogP) is 3.16. The zero-order valence-electron chi connectivity index (χ0n) is 12.7. The summed E-state index contributed by atoms with van der Waals surface area (Å²) >= 11 is 1.53. The van der Waals surface area contributed by atoms with Gasteiger partial charge in [-0.25, -0.2) is 0 Å². The predicted molar refractivity (Wildman–Crippen MR) is 88.9 cm³/mol. The van der Waals surface area contributed by atoms with Crippen LogP contribution in [0.5, 0.6) is 0 Å². The van der Waals surface area contributed by atoms with Crippen LogP contribution in [0.4, 0.5) is 5.00 Å². The zero-order chi connectivity index (χ0) is 15.7. The number of fused-ring (bicyclic) bond motifs is 1. The molecule has 0 radical (unpaired) electrons. The smallest absolute Gasteiger partial charge is 0.256 e. The highest BCUT2D eigenvalue weighted by Gasteiger charge is 2.27. The first-order valence-electron chi connectivity index (χ1n) is 7.34. The molecule has 0 bridgehead atoms. The molecule has 0 saturated carbocycles. The molecule has 1 aliphatic carbocycles. The van der Waals surface area contributed by atoms with Crippen molar-refractivity contribution in [2.24, 2.45) is 0 Å². The lowest BCUT2D eigenvalue weighted by atomic mass is 10.1. The number of anilines is 1. The maximum atomic E-state index is 12.4. The van der Waals surface area contributed by atoms with Gasteiger partial charge in [0.1, 0.15) is 5.00 Å². The molecular formula is C17H18N2O2S. The lowest BCUT2D eigenvalue weighted by Gasteiger charge is -2.07. The Hall–Kier alpha value is -2.14. The molecule has 0 aliphatic heterocycles. The highest BCUT2D eigenvalue weighted by molar-refractivity contribution is 7.17. The van der Waals surface area contributed by atoms with Gasteiger partial charge in [-0.3, -0.25) is 9.59 Å². The monoisotopic (exact) mass is 314 g/mol. The summed E-state index contributed by atoms with van der Waals surface area (Å²) in [6.45, 7) is 1.98. The third kappa shape index (κ3) is 2.64. The summed E-state index contributed by atoms with van der Waals surface area (Å²) in [5.74, 6) is -0.302. The van der Waals surface area contributed by atoms with Gasteiger partial charge in [0.25, 0.3) is 11.8 Å². The number of amides is 2. The maximum Gasteiger partial charge on any atom is 0.256 e. The molecule has 0 atom stereocenters. The molecule has 0 fully saturated rings. The summed E-state index contributed by atoms with van der Waals surface area (Å²) in [4.78, 5) is 25.8. The molecule has 0 saturated heterocycles. The topological polar surface area (TPSA) is 58.2 Å². The van der Waals surface area contributed by atoms with E-state index in [0.717, 1.165) is 30.4 Å². The third-order valence-corrected chi connectivity index (χ3v) is 5.12. The molecular weight excluding hydrogens is 296 g/mol. The number of benzene rings is 1. The first-order chi connectivity index (χ1) is 10.6. The number of aryl methyl sites for hydroxylation is 2. The number of carbonyl (C=O) groups excluding carboxylic acids is 2. The molecule has 1 aromatic heterocycles. The molecule has 22 heavy (non-hydrogen) atoms. The van der Waals surface area contributed by atoms with Crippen LogP contribution in [0, 0.1) is 6.92 Å². The third-order valence-electron chi connectivity index (χ3n) is 3.92. The fourth-order valence-corrected chi connectivity index (χ4v) is 4.02. The Labute approximate surface area is 133 Å². The molecule has 3 rings (SSSR count). The molecule has 1 aliphatic rings. The van der Waals surface area contributed by atoms with Gasteiger partial charge in [0, 0.05) is 17.5 Å². The van der Waals surface area contributed by atoms with E-state index in [1.807, 2.05) is 19.1 Å². The van der Waals surface area contributed by atoms with E-state index >= 15 is 0 Å². The van der Waals surface area contributed by atoms with Crippen molar-refractivity contribution in [1.82, 2.24) is 5.32 Å². The molecule has 0 spiro atoms. The van der Waals surface area contributed by atoms with Crippen LogP contribution in [-0.4, -0.2) is 18.9 Å². The number of hydrogen-bond acceptors (Lipinski definition) is 3. The minimum absolute atomic E-state index is 0.126. The normalized spacial score (nSPS) is 12.8. The maximum absolute atomic E-state index is 12.4. The van der Waals surface area contributed by atoms with Crippen LogP contribution in [0.25, 0.3) is 0 Å². The number of rotatable bonds is 3. The first-order valence-corrected chi connectivity index (χ1v) is 8.16. The van der Waals surface area contributed by atoms with Crippen LogP contribution < -0.4 is 10.6 Å². The molecule has 2 N–H and O–H groups in total. The minimum Gasteiger partial charge on any atom is -0.355 e. The summed E-state index contributed by atoms with van der Waals surface area (Å²) in [5, 5.41) is 6.25. The largest absolute Gasteiger partial charge is 0.355 e. The Kier molecular flexibility index (Phi) is 3.98. The van der Waals surface area contributed by atoms with Crippen molar-refractivity contribution < 1.29 is 9.59 Å². The Bertz CT molecular complexity index is 732. The van der Waals surface area contributed by atoms with Crippen LogP contribution in [0.1, 0.15) is 43.1 Å². The molecule has 5 heteroatoms. The fraction of sp³-hybridized carbons (Fsp3) is 0.294. The Morgan fingerprint density at radius 3 is 2.50 bits per heavy atom. The molecule has 0 unspecified atom stereocenters. The highest BCUT2D eigenvalue weighted by Crippen LogP contribution is 2.39. The second-order valence-electron chi connectivity index (χ2n) is 5.46. The minimum atomic E-state index is -0.176. The lowest BCUT2D eigenvalue weighted by Crippen LogP contribution is -2.21. The summed E-state index contributed by atoms with van der Waals surface area (Å²) in [6.07, 6.45) is 2.98. The van der Waals surface area contributed by atoms with E-state index < -0.39 is 0 Å². The van der Waals surface area contributed by atoms with E-state index in [-0.39, 0.29) is 11.8 Å². The van der Waals surface area contributed by atoms with Gasteiger partial charge in [-0.1, -0.05) is 17.7 Å². The van der Waals surface area contributed by atoms with Crippen LogP contribution in [-0.2, 0) is 12.8 Å². The number of nitrogens with one attached hydrogen (secondary N) is 2. The van der Waals surface area contributed by atoms with Crippen molar-refractivity contribution in [2.75, 3.05) is 12.4 Å². The highest BCUT2D eigenvalue weighted by atomic mass is 32.1. The van der Waals surface area contributed by atoms with Gasteiger partial charge in [-0.15, -0.1) is 11.3 Å². The standard InChI is InChI=1S/C17H18N2O2S/c1-10-6-8-11(9-7-10)15(20)19-17-14(16(21)18-2)12-4-3-5-13(12)22-17/h6-9H,3-5H2,1-2H3,(H,18,21)(H,19,20). The summed E-state index contributed by atoms with van der Waals surface area (Å²) in [6, 6.07) is 7.41. The molecule has 1 heterocycles. The van der Waals surface area contributed by atoms with Gasteiger partial charge in [0.2, 0.25) is 0 Å². The van der Waals surface area contributed by atoms with E-state index in [4.69, 9.17) is 0 Å². The summed E-state index contributed by atoms with van der Waals surface area (Å²) in [5.41, 5.74) is 3.45. The van der Waals surface area contributed by atoms with Crippen molar-refractivity contribution in [2.45, 2.75) is 26.2 Å². The van der Waals surface area contributed by atoms with E-state index in [2.05, 4.69) is 10.6 Å². The van der Waals surface area contributed by atoms with Crippen molar-refractivity contribution in [3.8, 4) is 0 Å². The quantitative estimate of drug-likeness (QED) is 0.914. The average Bonchev–Trinajstić information content (AvgIpc) is 3.07. The van der Waals surface area contributed by atoms with Crippen molar-refractivity contribution in [3.05, 3.63) is 51.4 Å². The lowest BCUT2D eigenvalue weighted by molar-refractivity contribution is 0.0963. The molecule has 114 valence electrons. The zero-order valence-corrected chi connectivity index (χ0v) is 13.5. The van der Waals surface area contributed by atoms with Crippen molar-refractivity contribution in [1.29, 1.82) is 0 Å². The van der Waals surface area contributed by atoms with Gasteiger partial charge < -0.3 is 10.6 Å². The Balaban J connectivity index is 1.90. The summed E-state index contributed by atoms with van der Waals surface area (Å²) in [7, 11) is 1.62. The van der Waals surface area contributed by atoms with E-state index in [0.29, 0.717) is 16.1 Å². The van der Waals surface area contributed by atoms with Crippen LogP contribution in [0.3, 0.4) is 0 Å². The van der Waals surface area contributed by atoms with Gasteiger partial charge in [-0.2, -0.15) is 0 Å². The Morgan fingerprint density at radius 2 is 1.82 bits per heavy atom. The first kappa shape index (κ1) is 14.8. The van der Waals surface area contributed by atoms with Gasteiger partial charge in [-0.05, 0) is 43.9 Å². The molecule has 1 aromatic carbocycles. The van der Waals surface area contributed by atoms with Gasteiger partial charge in [0.15, 0.2) is 0 Å². The number of hydrogen-bond donors (Lipinski definition) is 2.